The van der Waals surface area contributed by atoms with Crippen molar-refractivity contribution in [1.82, 2.24) is 5.32 Å². The normalized spacial score (nSPS) is 21.6. The van der Waals surface area contributed by atoms with Gasteiger partial charge in [0.15, 0.2) is 5.78 Å². The van der Waals surface area contributed by atoms with Crippen LogP contribution in [-0.4, -0.2) is 18.9 Å². The molecule has 0 bridgehead atoms. The molecule has 5 heteroatoms. The summed E-state index contributed by atoms with van der Waals surface area (Å²) in [5.41, 5.74) is 4.99. The van der Waals surface area contributed by atoms with Gasteiger partial charge in [-0.1, -0.05) is 42.5 Å². The average molecular weight is 499 g/mol. The predicted molar refractivity (Wildman–Crippen MR) is 120 cm³/mol. The third-order valence-electron chi connectivity index (χ3n) is 5.69. The minimum atomic E-state index is -0.405. The number of nitrogens with one attached hydrogen (secondary N) is 1. The smallest absolute Gasteiger partial charge is 0.336 e. The Kier molecular flexibility index (Phi) is 5.58. The van der Waals surface area contributed by atoms with Crippen LogP contribution in [0.1, 0.15) is 42.7 Å². The number of hydrogen-bond donors (Lipinski definition) is 1. The topological polar surface area (TPSA) is 55.4 Å². The van der Waals surface area contributed by atoms with Gasteiger partial charge in [-0.15, -0.1) is 0 Å². The lowest BCUT2D eigenvalue weighted by atomic mass is 9.72. The molecule has 2 atom stereocenters. The SMILES string of the molecule is COC(=O)C1=C(C)NC2=C(C(=O)CC(c3ccccc3)C2)C1c1cccc(I)c1. The number of esters is 1. The van der Waals surface area contributed by atoms with E-state index in [4.69, 9.17) is 4.74 Å². The number of carbonyl (C=O) groups excluding carboxylic acids is 2. The van der Waals surface area contributed by atoms with Crippen LogP contribution in [0.5, 0.6) is 0 Å². The highest BCUT2D eigenvalue weighted by atomic mass is 127. The minimum Gasteiger partial charge on any atom is -0.466 e. The molecule has 1 aliphatic carbocycles. The van der Waals surface area contributed by atoms with Crippen LogP contribution in [0, 0.1) is 3.57 Å². The van der Waals surface area contributed by atoms with Crippen LogP contribution in [0.25, 0.3) is 0 Å². The van der Waals surface area contributed by atoms with Crippen molar-refractivity contribution in [1.29, 1.82) is 0 Å². The van der Waals surface area contributed by atoms with E-state index in [0.29, 0.717) is 17.6 Å². The molecular weight excluding hydrogens is 477 g/mol. The number of benzene rings is 2. The van der Waals surface area contributed by atoms with Crippen LogP contribution in [0.3, 0.4) is 0 Å². The molecule has 0 amide bonds. The number of ketones is 1. The fourth-order valence-corrected chi connectivity index (χ4v) is 4.97. The molecule has 0 aromatic heterocycles. The highest BCUT2D eigenvalue weighted by molar-refractivity contribution is 14.1. The second-order valence-electron chi connectivity index (χ2n) is 7.47. The summed E-state index contributed by atoms with van der Waals surface area (Å²) >= 11 is 2.26. The summed E-state index contributed by atoms with van der Waals surface area (Å²) in [5, 5.41) is 3.36. The molecule has 0 saturated heterocycles. The highest BCUT2D eigenvalue weighted by Gasteiger charge is 2.41. The van der Waals surface area contributed by atoms with E-state index in [2.05, 4.69) is 40.0 Å². The molecule has 148 valence electrons. The summed E-state index contributed by atoms with van der Waals surface area (Å²) in [6, 6.07) is 18.1. The van der Waals surface area contributed by atoms with Gasteiger partial charge in [-0.25, -0.2) is 4.79 Å². The van der Waals surface area contributed by atoms with Gasteiger partial charge in [-0.3, -0.25) is 4.79 Å². The summed E-state index contributed by atoms with van der Waals surface area (Å²) < 4.78 is 6.14. The van der Waals surface area contributed by atoms with E-state index in [9.17, 15) is 9.59 Å². The van der Waals surface area contributed by atoms with Crippen molar-refractivity contribution in [2.75, 3.05) is 7.11 Å². The van der Waals surface area contributed by atoms with Gasteiger partial charge >= 0.3 is 5.97 Å². The number of methoxy groups -OCH3 is 1. The second-order valence-corrected chi connectivity index (χ2v) is 8.72. The largest absolute Gasteiger partial charge is 0.466 e. The third-order valence-corrected chi connectivity index (χ3v) is 6.36. The zero-order valence-corrected chi connectivity index (χ0v) is 18.5. The number of allylic oxidation sites excluding steroid dienone is 3. The highest BCUT2D eigenvalue weighted by Crippen LogP contribution is 2.45. The van der Waals surface area contributed by atoms with Gasteiger partial charge in [-0.05, 0) is 65.1 Å². The summed E-state index contributed by atoms with van der Waals surface area (Å²) in [7, 11) is 1.38. The quantitative estimate of drug-likeness (QED) is 0.486. The molecule has 0 radical (unpaired) electrons. The number of halogens is 1. The summed E-state index contributed by atoms with van der Waals surface area (Å²) in [6.07, 6.45) is 1.19. The fraction of sp³-hybridized carbons (Fsp3) is 0.250. The van der Waals surface area contributed by atoms with E-state index in [0.717, 1.165) is 26.9 Å². The van der Waals surface area contributed by atoms with Gasteiger partial charge < -0.3 is 10.1 Å². The number of dihydropyridines is 1. The van der Waals surface area contributed by atoms with Crippen molar-refractivity contribution in [2.45, 2.75) is 31.6 Å². The summed E-state index contributed by atoms with van der Waals surface area (Å²) in [5.74, 6) is -0.578. The van der Waals surface area contributed by atoms with Crippen LogP contribution in [0.4, 0.5) is 0 Å². The maximum Gasteiger partial charge on any atom is 0.336 e. The van der Waals surface area contributed by atoms with Crippen molar-refractivity contribution in [3.8, 4) is 0 Å². The second kappa shape index (κ2) is 8.14. The molecule has 2 unspecified atom stereocenters. The first kappa shape index (κ1) is 19.9. The van der Waals surface area contributed by atoms with Gasteiger partial charge in [-0.2, -0.15) is 0 Å². The molecule has 1 heterocycles. The fourth-order valence-electron chi connectivity index (χ4n) is 4.40. The van der Waals surface area contributed by atoms with Gasteiger partial charge in [0.25, 0.3) is 0 Å². The molecule has 1 N–H and O–H groups in total. The van der Waals surface area contributed by atoms with Crippen molar-refractivity contribution >= 4 is 34.3 Å². The van der Waals surface area contributed by atoms with E-state index >= 15 is 0 Å². The van der Waals surface area contributed by atoms with Crippen molar-refractivity contribution < 1.29 is 14.3 Å². The molecule has 2 aromatic carbocycles. The lowest BCUT2D eigenvalue weighted by Gasteiger charge is -2.36. The molecule has 2 aliphatic rings. The first-order chi connectivity index (χ1) is 14.0. The van der Waals surface area contributed by atoms with Gasteiger partial charge in [0.2, 0.25) is 0 Å². The molecular formula is C24H22INO3. The molecule has 1 aliphatic heterocycles. The number of Topliss-reactive ketones (excluding diaryl/α,β-unsaturated/α-hetero) is 1. The summed E-state index contributed by atoms with van der Waals surface area (Å²) in [6.45, 7) is 1.88. The van der Waals surface area contributed by atoms with E-state index < -0.39 is 11.9 Å². The molecule has 2 aromatic rings. The molecule has 0 spiro atoms. The Balaban J connectivity index is 1.82. The maximum absolute atomic E-state index is 13.4. The lowest BCUT2D eigenvalue weighted by molar-refractivity contribution is -0.136. The first-order valence-corrected chi connectivity index (χ1v) is 10.7. The zero-order chi connectivity index (χ0) is 20.5. The maximum atomic E-state index is 13.4. The van der Waals surface area contributed by atoms with Crippen LogP contribution in [-0.2, 0) is 14.3 Å². The zero-order valence-electron chi connectivity index (χ0n) is 16.4. The average Bonchev–Trinajstić information content (AvgIpc) is 2.72. The summed E-state index contributed by atoms with van der Waals surface area (Å²) in [4.78, 5) is 26.0. The number of rotatable bonds is 3. The molecule has 0 fully saturated rings. The van der Waals surface area contributed by atoms with Gasteiger partial charge in [0.1, 0.15) is 0 Å². The first-order valence-electron chi connectivity index (χ1n) is 9.62. The number of ether oxygens (including phenoxy) is 1. The third kappa shape index (κ3) is 3.75. The molecule has 4 rings (SSSR count). The molecule has 29 heavy (non-hydrogen) atoms. The monoisotopic (exact) mass is 499 g/mol. The van der Waals surface area contributed by atoms with Crippen LogP contribution in [0.15, 0.2) is 77.1 Å². The van der Waals surface area contributed by atoms with E-state index in [1.54, 1.807) is 0 Å². The number of hydrogen-bond acceptors (Lipinski definition) is 4. The Hall–Kier alpha value is -2.41. The van der Waals surface area contributed by atoms with Gasteiger partial charge in [0, 0.05) is 32.9 Å². The van der Waals surface area contributed by atoms with Gasteiger partial charge in [0.05, 0.1) is 12.7 Å². The predicted octanol–water partition coefficient (Wildman–Crippen LogP) is 4.83. The van der Waals surface area contributed by atoms with E-state index in [-0.39, 0.29) is 11.7 Å². The Bertz CT molecular complexity index is 1040. The van der Waals surface area contributed by atoms with E-state index in [1.165, 1.54) is 12.7 Å². The van der Waals surface area contributed by atoms with Crippen LogP contribution >= 0.6 is 22.6 Å². The molecule has 0 saturated carbocycles. The minimum absolute atomic E-state index is 0.0883. The molecule has 4 nitrogen and oxygen atoms in total. The van der Waals surface area contributed by atoms with Crippen LogP contribution < -0.4 is 5.32 Å². The number of carbonyl (C=O) groups is 2. The Morgan fingerprint density at radius 3 is 2.48 bits per heavy atom. The van der Waals surface area contributed by atoms with Crippen molar-refractivity contribution in [2.24, 2.45) is 0 Å². The Morgan fingerprint density at radius 2 is 1.79 bits per heavy atom. The van der Waals surface area contributed by atoms with Crippen molar-refractivity contribution in [3.63, 3.8) is 0 Å². The van der Waals surface area contributed by atoms with Crippen LogP contribution in [0.2, 0.25) is 0 Å². The standard InChI is InChI=1S/C24H22INO3/c1-14-21(24(28)29-2)22(16-9-6-10-18(25)11-16)23-19(26-14)12-17(13-20(23)27)15-7-4-3-5-8-15/h3-11,17,22,26H,12-13H2,1-2H3. The van der Waals surface area contributed by atoms with E-state index in [1.807, 2.05) is 49.4 Å². The Morgan fingerprint density at radius 1 is 1.07 bits per heavy atom. The lowest BCUT2D eigenvalue weighted by Crippen LogP contribution is -2.36. The Labute approximate surface area is 184 Å². The van der Waals surface area contributed by atoms with Crippen molar-refractivity contribution in [3.05, 3.63) is 91.8 Å².